The first-order chi connectivity index (χ1) is 7.98. The van der Waals surface area contributed by atoms with E-state index >= 15 is 0 Å². The molecule has 0 bridgehead atoms. The molecular formula is C14H22O2S2. The number of hydrogen-bond donors (Lipinski definition) is 1. The standard InChI is InChI=1S/C14H22O2S2/c1-9(2)11(15)13(5,6)8-14(7,18-17)12(16)10(3)4/h17H,1,3,8H2,2,4-7H3. The Labute approximate surface area is 119 Å². The van der Waals surface area contributed by atoms with Crippen molar-refractivity contribution in [2.24, 2.45) is 5.41 Å². The maximum absolute atomic E-state index is 12.2. The predicted octanol–water partition coefficient (Wildman–Crippen LogP) is 4.03. The van der Waals surface area contributed by atoms with Crippen molar-refractivity contribution in [3.63, 3.8) is 0 Å². The normalized spacial score (nSPS) is 14.8. The highest BCUT2D eigenvalue weighted by Crippen LogP contribution is 2.42. The highest BCUT2D eigenvalue weighted by Gasteiger charge is 2.41. The monoisotopic (exact) mass is 286 g/mol. The van der Waals surface area contributed by atoms with E-state index in [1.54, 1.807) is 20.8 Å². The van der Waals surface area contributed by atoms with Crippen LogP contribution in [0.1, 0.15) is 41.0 Å². The maximum Gasteiger partial charge on any atom is 0.174 e. The first kappa shape index (κ1) is 17.5. The van der Waals surface area contributed by atoms with Crippen LogP contribution in [0.4, 0.5) is 0 Å². The van der Waals surface area contributed by atoms with Crippen molar-refractivity contribution >= 4 is 34.0 Å². The summed E-state index contributed by atoms with van der Waals surface area (Å²) in [5, 5.41) is 0. The van der Waals surface area contributed by atoms with Crippen LogP contribution in [0.25, 0.3) is 0 Å². The molecule has 0 saturated carbocycles. The third-order valence-corrected chi connectivity index (χ3v) is 4.79. The summed E-state index contributed by atoms with van der Waals surface area (Å²) < 4.78 is -0.746. The van der Waals surface area contributed by atoms with Crippen LogP contribution in [-0.4, -0.2) is 16.3 Å². The minimum Gasteiger partial charge on any atom is -0.294 e. The zero-order valence-corrected chi connectivity index (χ0v) is 13.5. The summed E-state index contributed by atoms with van der Waals surface area (Å²) in [5.41, 5.74) is 0.355. The van der Waals surface area contributed by atoms with E-state index in [1.807, 2.05) is 13.8 Å². The van der Waals surface area contributed by atoms with Gasteiger partial charge in [-0.05, 0) is 38.3 Å². The molecule has 0 aromatic rings. The van der Waals surface area contributed by atoms with Gasteiger partial charge in [-0.25, -0.2) is 0 Å². The summed E-state index contributed by atoms with van der Waals surface area (Å²) in [6.45, 7) is 16.2. The van der Waals surface area contributed by atoms with E-state index in [2.05, 4.69) is 24.8 Å². The zero-order chi connectivity index (χ0) is 14.7. The van der Waals surface area contributed by atoms with E-state index < -0.39 is 10.2 Å². The molecule has 0 aliphatic carbocycles. The molecule has 0 amide bonds. The van der Waals surface area contributed by atoms with Crippen LogP contribution in [0.15, 0.2) is 24.3 Å². The molecule has 2 nitrogen and oxygen atoms in total. The minimum atomic E-state index is -0.746. The van der Waals surface area contributed by atoms with Crippen molar-refractivity contribution in [2.45, 2.75) is 45.8 Å². The number of allylic oxidation sites excluding steroid dienone is 2. The van der Waals surface area contributed by atoms with Gasteiger partial charge >= 0.3 is 0 Å². The Morgan fingerprint density at radius 1 is 1.06 bits per heavy atom. The van der Waals surface area contributed by atoms with Gasteiger partial charge in [-0.1, -0.05) is 37.8 Å². The highest BCUT2D eigenvalue weighted by atomic mass is 33.1. The Hall–Kier alpha value is -0.480. The second-order valence-electron chi connectivity index (χ2n) is 5.60. The molecule has 102 valence electrons. The molecular weight excluding hydrogens is 264 g/mol. The molecule has 1 unspecified atom stereocenters. The van der Waals surface area contributed by atoms with E-state index in [0.717, 1.165) is 0 Å². The van der Waals surface area contributed by atoms with Crippen LogP contribution in [0.3, 0.4) is 0 Å². The van der Waals surface area contributed by atoms with Crippen molar-refractivity contribution in [3.8, 4) is 0 Å². The summed E-state index contributed by atoms with van der Waals surface area (Å²) in [4.78, 5) is 24.2. The van der Waals surface area contributed by atoms with E-state index in [1.165, 1.54) is 10.8 Å². The van der Waals surface area contributed by atoms with Gasteiger partial charge in [0.05, 0.1) is 4.75 Å². The molecule has 0 aliphatic heterocycles. The molecule has 0 spiro atoms. The molecule has 0 N–H and O–H groups in total. The molecule has 0 saturated heterocycles. The molecule has 0 radical (unpaired) electrons. The van der Waals surface area contributed by atoms with Gasteiger partial charge in [0, 0.05) is 5.41 Å². The fraction of sp³-hybridized carbons (Fsp3) is 0.571. The lowest BCUT2D eigenvalue weighted by atomic mass is 9.75. The van der Waals surface area contributed by atoms with Gasteiger partial charge in [-0.15, -0.1) is 11.7 Å². The second-order valence-corrected chi connectivity index (χ2v) is 7.23. The Bertz CT molecular complexity index is 397. The van der Waals surface area contributed by atoms with Gasteiger partial charge in [0.25, 0.3) is 0 Å². The molecule has 0 rings (SSSR count). The summed E-state index contributed by atoms with van der Waals surface area (Å²) >= 11 is 4.19. The van der Waals surface area contributed by atoms with Gasteiger partial charge in [0.2, 0.25) is 0 Å². The number of thiol groups is 1. The van der Waals surface area contributed by atoms with Crippen LogP contribution in [0.5, 0.6) is 0 Å². The number of carbonyl (C=O) groups excluding carboxylic acids is 2. The summed E-state index contributed by atoms with van der Waals surface area (Å²) in [5.74, 6) is -0.0873. The van der Waals surface area contributed by atoms with Gasteiger partial charge in [0.1, 0.15) is 0 Å². The third kappa shape index (κ3) is 4.02. The van der Waals surface area contributed by atoms with Gasteiger partial charge < -0.3 is 0 Å². The smallest absolute Gasteiger partial charge is 0.174 e. The highest BCUT2D eigenvalue weighted by molar-refractivity contribution is 8.69. The van der Waals surface area contributed by atoms with Gasteiger partial charge in [0.15, 0.2) is 11.6 Å². The Morgan fingerprint density at radius 2 is 1.44 bits per heavy atom. The lowest BCUT2D eigenvalue weighted by molar-refractivity contribution is -0.125. The van der Waals surface area contributed by atoms with Gasteiger partial charge in [-0.2, -0.15) is 0 Å². The number of ketones is 2. The van der Waals surface area contributed by atoms with E-state index in [0.29, 0.717) is 17.6 Å². The molecule has 0 aliphatic rings. The summed E-state index contributed by atoms with van der Waals surface area (Å²) in [7, 11) is 1.17. The van der Waals surface area contributed by atoms with Gasteiger partial charge in [-0.3, -0.25) is 9.59 Å². The largest absolute Gasteiger partial charge is 0.294 e. The fourth-order valence-corrected chi connectivity index (χ4v) is 3.23. The van der Waals surface area contributed by atoms with E-state index in [-0.39, 0.29) is 11.6 Å². The summed E-state index contributed by atoms with van der Waals surface area (Å²) in [6, 6.07) is 0. The van der Waals surface area contributed by atoms with Crippen molar-refractivity contribution < 1.29 is 9.59 Å². The molecule has 0 fully saturated rings. The lowest BCUT2D eigenvalue weighted by Crippen LogP contribution is -2.39. The first-order valence-corrected chi connectivity index (χ1v) is 7.58. The predicted molar refractivity (Wildman–Crippen MR) is 83.0 cm³/mol. The number of hydrogen-bond acceptors (Lipinski definition) is 4. The molecule has 18 heavy (non-hydrogen) atoms. The number of rotatable bonds is 7. The first-order valence-electron chi connectivity index (χ1n) is 5.71. The van der Waals surface area contributed by atoms with Crippen LogP contribution in [-0.2, 0) is 9.59 Å². The number of carbonyl (C=O) groups is 2. The fourth-order valence-electron chi connectivity index (χ4n) is 2.11. The van der Waals surface area contributed by atoms with Crippen LogP contribution >= 0.6 is 22.5 Å². The molecule has 4 heteroatoms. The zero-order valence-electron chi connectivity index (χ0n) is 11.8. The summed E-state index contributed by atoms with van der Waals surface area (Å²) in [6.07, 6.45) is 0.408. The maximum atomic E-state index is 12.2. The van der Waals surface area contributed by atoms with E-state index in [4.69, 9.17) is 0 Å². The molecule has 0 aromatic carbocycles. The Morgan fingerprint density at radius 3 is 1.72 bits per heavy atom. The van der Waals surface area contributed by atoms with Crippen LogP contribution in [0.2, 0.25) is 0 Å². The number of Topliss-reactive ketones (excluding diaryl/α,β-unsaturated/α-hetero) is 2. The van der Waals surface area contributed by atoms with Crippen LogP contribution < -0.4 is 0 Å². The minimum absolute atomic E-state index is 0.0226. The van der Waals surface area contributed by atoms with Crippen molar-refractivity contribution in [1.29, 1.82) is 0 Å². The van der Waals surface area contributed by atoms with Crippen LogP contribution in [0, 0.1) is 5.41 Å². The quantitative estimate of drug-likeness (QED) is 0.436. The second kappa shape index (κ2) is 6.11. The SMILES string of the molecule is C=C(C)C(=O)C(C)(C)CC(C)(SS)C(=O)C(=C)C. The average molecular weight is 286 g/mol. The molecule has 0 heterocycles. The Balaban J connectivity index is 5.26. The average Bonchev–Trinajstić information content (AvgIpc) is 2.25. The third-order valence-electron chi connectivity index (χ3n) is 2.85. The van der Waals surface area contributed by atoms with Crippen molar-refractivity contribution in [3.05, 3.63) is 24.3 Å². The topological polar surface area (TPSA) is 34.1 Å². The lowest BCUT2D eigenvalue weighted by Gasteiger charge is -2.34. The van der Waals surface area contributed by atoms with Crippen molar-refractivity contribution in [2.75, 3.05) is 0 Å². The van der Waals surface area contributed by atoms with Crippen molar-refractivity contribution in [1.82, 2.24) is 0 Å². The Kier molecular flexibility index (Phi) is 5.95. The van der Waals surface area contributed by atoms with E-state index in [9.17, 15) is 9.59 Å². The molecule has 0 aromatic heterocycles. The molecule has 1 atom stereocenters.